The van der Waals surface area contributed by atoms with E-state index in [9.17, 15) is 0 Å². The first-order valence-electron chi connectivity index (χ1n) is 8.16. The van der Waals surface area contributed by atoms with E-state index in [0.29, 0.717) is 11.6 Å². The second-order valence-electron chi connectivity index (χ2n) is 6.61. The van der Waals surface area contributed by atoms with Crippen molar-refractivity contribution in [3.63, 3.8) is 0 Å². The summed E-state index contributed by atoms with van der Waals surface area (Å²) in [6, 6.07) is 2.80. The molecule has 0 radical (unpaired) electrons. The number of hydrogen-bond donors (Lipinski definition) is 1. The van der Waals surface area contributed by atoms with Crippen LogP contribution in [0.4, 0.5) is 0 Å². The summed E-state index contributed by atoms with van der Waals surface area (Å²) in [6.07, 6.45) is 13.5. The lowest BCUT2D eigenvalue weighted by Crippen LogP contribution is -2.52. The molecule has 0 amide bonds. The predicted molar refractivity (Wildman–Crippen MR) is 87.6 cm³/mol. The summed E-state index contributed by atoms with van der Waals surface area (Å²) < 4.78 is 2.43. The molecule has 1 N–H and O–H groups in total. The minimum Gasteiger partial charge on any atom is -0.327 e. The SMILES string of the molecule is c1cc(-c2cncn2C2CCNC3(CCCCC3)C2)cs1. The number of thiophene rings is 1. The summed E-state index contributed by atoms with van der Waals surface area (Å²) in [4.78, 5) is 4.43. The largest absolute Gasteiger partial charge is 0.327 e. The maximum atomic E-state index is 4.43. The molecule has 1 spiro atoms. The Morgan fingerprint density at radius 1 is 1.29 bits per heavy atom. The van der Waals surface area contributed by atoms with Gasteiger partial charge in [0.15, 0.2) is 0 Å². The van der Waals surface area contributed by atoms with Gasteiger partial charge in [0, 0.05) is 22.5 Å². The van der Waals surface area contributed by atoms with Crippen LogP contribution in [0.3, 0.4) is 0 Å². The van der Waals surface area contributed by atoms with Crippen molar-refractivity contribution in [3.05, 3.63) is 29.4 Å². The topological polar surface area (TPSA) is 29.9 Å². The van der Waals surface area contributed by atoms with E-state index in [1.54, 1.807) is 11.3 Å². The molecule has 112 valence electrons. The van der Waals surface area contributed by atoms with Crippen molar-refractivity contribution < 1.29 is 0 Å². The molecule has 2 fully saturated rings. The van der Waals surface area contributed by atoms with Crippen molar-refractivity contribution in [3.8, 4) is 11.3 Å². The Kier molecular flexibility index (Phi) is 3.59. The fourth-order valence-corrected chi connectivity index (χ4v) is 4.86. The zero-order valence-corrected chi connectivity index (χ0v) is 13.2. The molecule has 3 nitrogen and oxygen atoms in total. The normalized spacial score (nSPS) is 25.2. The summed E-state index contributed by atoms with van der Waals surface area (Å²) in [7, 11) is 0. The van der Waals surface area contributed by atoms with E-state index in [2.05, 4.69) is 31.7 Å². The third-order valence-electron chi connectivity index (χ3n) is 5.29. The van der Waals surface area contributed by atoms with Crippen molar-refractivity contribution in [2.24, 2.45) is 0 Å². The lowest BCUT2D eigenvalue weighted by molar-refractivity contribution is 0.147. The maximum Gasteiger partial charge on any atom is 0.0953 e. The summed E-state index contributed by atoms with van der Waals surface area (Å²) >= 11 is 1.76. The van der Waals surface area contributed by atoms with Gasteiger partial charge in [0.2, 0.25) is 0 Å². The van der Waals surface area contributed by atoms with Crippen LogP contribution in [-0.2, 0) is 0 Å². The molecule has 1 unspecified atom stereocenters. The molecule has 1 aliphatic carbocycles. The number of rotatable bonds is 2. The molecular formula is C17H23N3S. The van der Waals surface area contributed by atoms with Gasteiger partial charge >= 0.3 is 0 Å². The third kappa shape index (κ3) is 2.55. The Bertz CT molecular complexity index is 575. The van der Waals surface area contributed by atoms with Crippen molar-refractivity contribution in [2.75, 3.05) is 6.54 Å². The molecule has 2 aromatic rings. The Balaban J connectivity index is 1.60. The van der Waals surface area contributed by atoms with E-state index in [1.807, 2.05) is 12.5 Å². The van der Waals surface area contributed by atoms with Crippen molar-refractivity contribution in [2.45, 2.75) is 56.5 Å². The van der Waals surface area contributed by atoms with Crippen molar-refractivity contribution >= 4 is 11.3 Å². The predicted octanol–water partition coefficient (Wildman–Crippen LogP) is 4.24. The van der Waals surface area contributed by atoms with Gasteiger partial charge in [0.1, 0.15) is 0 Å². The molecular weight excluding hydrogens is 278 g/mol. The first-order chi connectivity index (χ1) is 10.4. The second-order valence-corrected chi connectivity index (χ2v) is 7.39. The second kappa shape index (κ2) is 5.58. The van der Waals surface area contributed by atoms with Gasteiger partial charge in [-0.05, 0) is 43.7 Å². The molecule has 2 aliphatic rings. The van der Waals surface area contributed by atoms with E-state index < -0.39 is 0 Å². The number of aromatic nitrogens is 2. The van der Waals surface area contributed by atoms with Crippen molar-refractivity contribution in [1.82, 2.24) is 14.9 Å². The molecule has 1 aliphatic heterocycles. The summed E-state index contributed by atoms with van der Waals surface area (Å²) in [5.74, 6) is 0. The standard InChI is InChI=1S/C17H23N3S/c1-2-6-17(7-3-1)10-15(4-8-19-17)20-13-18-11-16(20)14-5-9-21-12-14/h5,9,11-13,15,19H,1-4,6-8,10H2. The highest BCUT2D eigenvalue weighted by Crippen LogP contribution is 2.40. The Hall–Kier alpha value is -1.13. The molecule has 1 saturated carbocycles. The van der Waals surface area contributed by atoms with E-state index in [4.69, 9.17) is 0 Å². The van der Waals surface area contributed by atoms with Crippen LogP contribution >= 0.6 is 11.3 Å². The number of piperidine rings is 1. The maximum absolute atomic E-state index is 4.43. The Morgan fingerprint density at radius 2 is 2.19 bits per heavy atom. The van der Waals surface area contributed by atoms with Gasteiger partial charge in [0.25, 0.3) is 0 Å². The average Bonchev–Trinajstić information content (AvgIpc) is 3.19. The first-order valence-corrected chi connectivity index (χ1v) is 9.10. The molecule has 0 aromatic carbocycles. The minimum atomic E-state index is 0.400. The van der Waals surface area contributed by atoms with Crippen LogP contribution in [0.25, 0.3) is 11.3 Å². The van der Waals surface area contributed by atoms with Crippen molar-refractivity contribution in [1.29, 1.82) is 0 Å². The Morgan fingerprint density at radius 3 is 3.00 bits per heavy atom. The van der Waals surface area contributed by atoms with Crippen LogP contribution in [0.15, 0.2) is 29.4 Å². The molecule has 4 heteroatoms. The highest BCUT2D eigenvalue weighted by atomic mass is 32.1. The van der Waals surface area contributed by atoms with E-state index in [1.165, 1.54) is 56.2 Å². The van der Waals surface area contributed by atoms with Crippen LogP contribution in [0, 0.1) is 0 Å². The van der Waals surface area contributed by atoms with Gasteiger partial charge in [0.05, 0.1) is 18.2 Å². The lowest BCUT2D eigenvalue weighted by Gasteiger charge is -2.45. The van der Waals surface area contributed by atoms with Crippen LogP contribution in [0.5, 0.6) is 0 Å². The van der Waals surface area contributed by atoms with Crippen LogP contribution in [0.2, 0.25) is 0 Å². The van der Waals surface area contributed by atoms with Crippen LogP contribution in [-0.4, -0.2) is 21.6 Å². The van der Waals surface area contributed by atoms with Gasteiger partial charge < -0.3 is 9.88 Å². The molecule has 4 rings (SSSR count). The molecule has 1 saturated heterocycles. The molecule has 1 atom stereocenters. The lowest BCUT2D eigenvalue weighted by atomic mass is 9.75. The number of nitrogens with one attached hydrogen (secondary N) is 1. The summed E-state index contributed by atoms with van der Waals surface area (Å²) in [5, 5.41) is 8.23. The fraction of sp³-hybridized carbons (Fsp3) is 0.588. The minimum absolute atomic E-state index is 0.400. The van der Waals surface area contributed by atoms with Gasteiger partial charge in [-0.3, -0.25) is 0 Å². The average molecular weight is 301 g/mol. The monoisotopic (exact) mass is 301 g/mol. The van der Waals surface area contributed by atoms with Gasteiger partial charge in [-0.1, -0.05) is 19.3 Å². The van der Waals surface area contributed by atoms with Gasteiger partial charge in [-0.25, -0.2) is 4.98 Å². The van der Waals surface area contributed by atoms with Gasteiger partial charge in [-0.15, -0.1) is 0 Å². The van der Waals surface area contributed by atoms with Crippen LogP contribution in [0.1, 0.15) is 51.0 Å². The quantitative estimate of drug-likeness (QED) is 0.899. The number of nitrogens with zero attached hydrogens (tertiary/aromatic N) is 2. The zero-order valence-electron chi connectivity index (χ0n) is 12.4. The van der Waals surface area contributed by atoms with E-state index >= 15 is 0 Å². The molecule has 0 bridgehead atoms. The highest BCUT2D eigenvalue weighted by Gasteiger charge is 2.37. The third-order valence-corrected chi connectivity index (χ3v) is 5.97. The van der Waals surface area contributed by atoms with E-state index in [-0.39, 0.29) is 0 Å². The summed E-state index contributed by atoms with van der Waals surface area (Å²) in [6.45, 7) is 1.14. The molecule has 21 heavy (non-hydrogen) atoms. The first kappa shape index (κ1) is 13.5. The fourth-order valence-electron chi connectivity index (χ4n) is 4.21. The highest BCUT2D eigenvalue weighted by molar-refractivity contribution is 7.08. The molecule has 2 aromatic heterocycles. The van der Waals surface area contributed by atoms with E-state index in [0.717, 1.165) is 6.54 Å². The Labute approximate surface area is 130 Å². The number of imidazole rings is 1. The molecule has 3 heterocycles. The zero-order chi connectivity index (χ0) is 14.1. The number of hydrogen-bond acceptors (Lipinski definition) is 3. The smallest absolute Gasteiger partial charge is 0.0953 e. The summed E-state index contributed by atoms with van der Waals surface area (Å²) in [5.41, 5.74) is 3.00. The van der Waals surface area contributed by atoms with Gasteiger partial charge in [-0.2, -0.15) is 11.3 Å². The van der Waals surface area contributed by atoms with Crippen LogP contribution < -0.4 is 5.32 Å².